The Morgan fingerprint density at radius 3 is 2.27 bits per heavy atom. The van der Waals surface area contributed by atoms with Gasteiger partial charge in [0.05, 0.1) is 7.11 Å². The topological polar surface area (TPSA) is 29.5 Å². The summed E-state index contributed by atoms with van der Waals surface area (Å²) in [7, 11) is 1.58. The van der Waals surface area contributed by atoms with Crippen molar-refractivity contribution in [1.29, 1.82) is 0 Å². The van der Waals surface area contributed by atoms with Gasteiger partial charge in [-0.1, -0.05) is 0 Å². The zero-order valence-corrected chi connectivity index (χ0v) is 6.24. The molecular weight excluding hydrogens is 140 g/mol. The second-order valence-electron chi connectivity index (χ2n) is 2.11. The first-order valence-electron chi connectivity index (χ1n) is 3.20. The Hall–Kier alpha value is -1.44. The molecule has 57 valence electrons. The first-order chi connectivity index (χ1) is 5.24. The Bertz CT molecular complexity index is 249. The minimum atomic E-state index is -0.173. The van der Waals surface area contributed by atoms with Gasteiger partial charge in [-0.05, 0) is 30.8 Å². The molecule has 2 heteroatoms. The SMILES string of the molecule is [CH]=C(O)c1ccc(OC)cc1. The number of hydrogen-bond acceptors (Lipinski definition) is 2. The van der Waals surface area contributed by atoms with Gasteiger partial charge < -0.3 is 9.84 Å². The molecule has 2 nitrogen and oxygen atoms in total. The Labute approximate surface area is 65.7 Å². The van der Waals surface area contributed by atoms with Crippen LogP contribution in [0.2, 0.25) is 0 Å². The van der Waals surface area contributed by atoms with Gasteiger partial charge in [0.2, 0.25) is 0 Å². The molecule has 0 unspecified atom stereocenters. The van der Waals surface area contributed by atoms with Crippen LogP contribution in [0.1, 0.15) is 5.56 Å². The van der Waals surface area contributed by atoms with Crippen molar-refractivity contribution >= 4 is 5.76 Å². The lowest BCUT2D eigenvalue weighted by molar-refractivity contribution is 0.414. The van der Waals surface area contributed by atoms with Gasteiger partial charge in [-0.15, -0.1) is 0 Å². The Balaban J connectivity index is 2.91. The molecule has 0 amide bonds. The maximum absolute atomic E-state index is 8.84. The second kappa shape index (κ2) is 3.10. The molecule has 0 saturated heterocycles. The highest BCUT2D eigenvalue weighted by atomic mass is 16.5. The molecule has 1 aromatic carbocycles. The predicted molar refractivity (Wildman–Crippen MR) is 43.3 cm³/mol. The first kappa shape index (κ1) is 7.66. The average Bonchev–Trinajstić information content (AvgIpc) is 2.05. The van der Waals surface area contributed by atoms with Crippen LogP contribution in [0.25, 0.3) is 5.76 Å². The highest BCUT2D eigenvalue weighted by molar-refractivity contribution is 5.55. The molecule has 0 saturated carbocycles. The molecule has 0 aliphatic carbocycles. The molecule has 0 atom stereocenters. The zero-order chi connectivity index (χ0) is 8.27. The van der Waals surface area contributed by atoms with E-state index in [1.54, 1.807) is 31.4 Å². The Morgan fingerprint density at radius 1 is 1.36 bits per heavy atom. The molecule has 0 aromatic heterocycles. The molecule has 0 spiro atoms. The number of ether oxygens (including phenoxy) is 1. The van der Waals surface area contributed by atoms with E-state index in [1.807, 2.05) is 0 Å². The van der Waals surface area contributed by atoms with Crippen molar-refractivity contribution in [3.05, 3.63) is 36.4 Å². The summed E-state index contributed by atoms with van der Waals surface area (Å²) in [5.41, 5.74) is 0.603. The maximum Gasteiger partial charge on any atom is 0.122 e. The van der Waals surface area contributed by atoms with Crippen LogP contribution < -0.4 is 4.74 Å². The van der Waals surface area contributed by atoms with E-state index < -0.39 is 0 Å². The Morgan fingerprint density at radius 2 is 1.91 bits per heavy atom. The van der Waals surface area contributed by atoms with Crippen molar-refractivity contribution in [2.75, 3.05) is 7.11 Å². The van der Waals surface area contributed by atoms with Crippen LogP contribution in [0.3, 0.4) is 0 Å². The van der Waals surface area contributed by atoms with Crippen LogP contribution in [0.4, 0.5) is 0 Å². The lowest BCUT2D eigenvalue weighted by Crippen LogP contribution is -1.83. The molecule has 0 fully saturated rings. The van der Waals surface area contributed by atoms with Gasteiger partial charge in [0.15, 0.2) is 0 Å². The number of aliphatic hydroxyl groups is 1. The predicted octanol–water partition coefficient (Wildman–Crippen LogP) is 2.03. The molecule has 0 heterocycles. The van der Waals surface area contributed by atoms with Gasteiger partial charge in [-0.25, -0.2) is 0 Å². The molecule has 0 aliphatic heterocycles. The van der Waals surface area contributed by atoms with Crippen LogP contribution in [0.15, 0.2) is 24.3 Å². The van der Waals surface area contributed by atoms with Crippen molar-refractivity contribution in [2.45, 2.75) is 0 Å². The van der Waals surface area contributed by atoms with E-state index >= 15 is 0 Å². The highest BCUT2D eigenvalue weighted by Gasteiger charge is 1.94. The van der Waals surface area contributed by atoms with E-state index in [2.05, 4.69) is 0 Å². The van der Waals surface area contributed by atoms with Crippen molar-refractivity contribution in [3.63, 3.8) is 0 Å². The summed E-state index contributed by atoms with van der Waals surface area (Å²) in [4.78, 5) is 0. The summed E-state index contributed by atoms with van der Waals surface area (Å²) in [5, 5.41) is 8.84. The summed E-state index contributed by atoms with van der Waals surface area (Å²) in [6.07, 6.45) is 0. The normalized spacial score (nSPS) is 9.18. The van der Waals surface area contributed by atoms with Crippen LogP contribution in [0, 0.1) is 6.58 Å². The van der Waals surface area contributed by atoms with E-state index in [-0.39, 0.29) is 5.76 Å². The van der Waals surface area contributed by atoms with E-state index in [0.717, 1.165) is 5.75 Å². The van der Waals surface area contributed by atoms with Gasteiger partial charge in [0.1, 0.15) is 11.5 Å². The number of aliphatic hydroxyl groups excluding tert-OH is 1. The van der Waals surface area contributed by atoms with Gasteiger partial charge in [-0.2, -0.15) is 0 Å². The van der Waals surface area contributed by atoms with E-state index in [4.69, 9.17) is 16.4 Å². The summed E-state index contributed by atoms with van der Waals surface area (Å²) in [5.74, 6) is 0.572. The van der Waals surface area contributed by atoms with Crippen molar-refractivity contribution in [3.8, 4) is 5.75 Å². The van der Waals surface area contributed by atoms with E-state index in [0.29, 0.717) is 5.56 Å². The molecular formula is C9H9O2. The fourth-order valence-electron chi connectivity index (χ4n) is 0.762. The lowest BCUT2D eigenvalue weighted by atomic mass is 10.2. The number of rotatable bonds is 2. The van der Waals surface area contributed by atoms with Gasteiger partial charge >= 0.3 is 0 Å². The standard InChI is InChI=1S/C9H9O2/c1-7(10)8-3-5-9(11-2)6-4-8/h1,3-6,10H,2H3. The summed E-state index contributed by atoms with van der Waals surface area (Å²) in [6, 6.07) is 6.85. The molecule has 1 aromatic rings. The fourth-order valence-corrected chi connectivity index (χ4v) is 0.762. The third-order valence-electron chi connectivity index (χ3n) is 1.39. The number of hydrogen-bond donors (Lipinski definition) is 1. The molecule has 1 N–H and O–H groups in total. The van der Waals surface area contributed by atoms with Gasteiger partial charge in [0, 0.05) is 5.56 Å². The summed E-state index contributed by atoms with van der Waals surface area (Å²) in [6.45, 7) is 5.14. The van der Waals surface area contributed by atoms with Crippen LogP contribution in [-0.4, -0.2) is 12.2 Å². The second-order valence-corrected chi connectivity index (χ2v) is 2.11. The third-order valence-corrected chi connectivity index (χ3v) is 1.39. The van der Waals surface area contributed by atoms with Crippen LogP contribution in [-0.2, 0) is 0 Å². The molecule has 11 heavy (non-hydrogen) atoms. The highest BCUT2D eigenvalue weighted by Crippen LogP contribution is 2.14. The quantitative estimate of drug-likeness (QED) is 0.652. The lowest BCUT2D eigenvalue weighted by Gasteiger charge is -2.00. The minimum absolute atomic E-state index is 0.173. The van der Waals surface area contributed by atoms with Crippen molar-refractivity contribution in [1.82, 2.24) is 0 Å². The molecule has 0 bridgehead atoms. The number of benzene rings is 1. The largest absolute Gasteiger partial charge is 0.507 e. The van der Waals surface area contributed by atoms with Crippen molar-refractivity contribution < 1.29 is 9.84 Å². The monoisotopic (exact) mass is 149 g/mol. The average molecular weight is 149 g/mol. The van der Waals surface area contributed by atoms with Crippen LogP contribution in [0.5, 0.6) is 5.75 Å². The maximum atomic E-state index is 8.84. The van der Waals surface area contributed by atoms with Gasteiger partial charge in [-0.3, -0.25) is 0 Å². The smallest absolute Gasteiger partial charge is 0.122 e. The van der Waals surface area contributed by atoms with Crippen LogP contribution >= 0.6 is 0 Å². The minimum Gasteiger partial charge on any atom is -0.507 e. The zero-order valence-electron chi connectivity index (χ0n) is 6.24. The summed E-state index contributed by atoms with van der Waals surface area (Å²) < 4.78 is 4.92. The van der Waals surface area contributed by atoms with Crippen molar-refractivity contribution in [2.24, 2.45) is 0 Å². The third kappa shape index (κ3) is 1.74. The fraction of sp³-hybridized carbons (Fsp3) is 0.111. The number of methoxy groups -OCH3 is 1. The van der Waals surface area contributed by atoms with E-state index in [9.17, 15) is 0 Å². The molecule has 1 radical (unpaired) electrons. The first-order valence-corrected chi connectivity index (χ1v) is 3.20. The van der Waals surface area contributed by atoms with Gasteiger partial charge in [0.25, 0.3) is 0 Å². The van der Waals surface area contributed by atoms with E-state index in [1.165, 1.54) is 0 Å². The Kier molecular flexibility index (Phi) is 2.16. The molecule has 1 rings (SSSR count). The molecule has 0 aliphatic rings. The summed E-state index contributed by atoms with van der Waals surface area (Å²) >= 11 is 0.